The van der Waals surface area contributed by atoms with Crippen LogP contribution < -0.4 is 0 Å². The van der Waals surface area contributed by atoms with Crippen LogP contribution in [0.25, 0.3) is 0 Å². The molecule has 0 saturated heterocycles. The summed E-state index contributed by atoms with van der Waals surface area (Å²) in [5, 5.41) is 10.5. The van der Waals surface area contributed by atoms with E-state index in [1.807, 2.05) is 24.3 Å². The van der Waals surface area contributed by atoms with Gasteiger partial charge >= 0.3 is 0 Å². The lowest BCUT2D eigenvalue weighted by Gasteiger charge is -2.18. The first-order chi connectivity index (χ1) is 8.49. The number of rotatable bonds is 2. The summed E-state index contributed by atoms with van der Waals surface area (Å²) in [6.07, 6.45) is -0.567. The normalized spacial score (nSPS) is 12.5. The quantitative estimate of drug-likeness (QED) is 0.868. The van der Waals surface area contributed by atoms with Gasteiger partial charge in [-0.05, 0) is 55.2 Å². The molecule has 0 heterocycles. The molecule has 2 aromatic rings. The molecule has 1 atom stereocenters. The van der Waals surface area contributed by atoms with Gasteiger partial charge in [-0.1, -0.05) is 45.8 Å². The SMILES string of the molecule is Cc1cc(C)c([C@H](O)c2cccc(Br)c2)c(C)c1. The maximum atomic E-state index is 10.5. The standard InChI is InChI=1S/C16H17BrO/c1-10-7-11(2)15(12(3)8-10)16(18)13-5-4-6-14(17)9-13/h4-9,16,18H,1-3H3/t16-/m1/s1. The molecule has 0 unspecified atom stereocenters. The number of aliphatic hydroxyl groups is 1. The molecule has 1 nitrogen and oxygen atoms in total. The van der Waals surface area contributed by atoms with E-state index in [9.17, 15) is 5.11 Å². The fourth-order valence-electron chi connectivity index (χ4n) is 2.47. The molecule has 0 aromatic heterocycles. The van der Waals surface area contributed by atoms with Crippen LogP contribution in [0.1, 0.15) is 33.9 Å². The second kappa shape index (κ2) is 5.25. The molecule has 0 aliphatic carbocycles. The number of aliphatic hydroxyl groups excluding tert-OH is 1. The molecule has 0 aliphatic heterocycles. The second-order valence-electron chi connectivity index (χ2n) is 4.77. The van der Waals surface area contributed by atoms with E-state index in [-0.39, 0.29) is 0 Å². The Morgan fingerprint density at radius 1 is 1.00 bits per heavy atom. The molecule has 0 spiro atoms. The summed E-state index contributed by atoms with van der Waals surface area (Å²) in [6, 6.07) is 12.1. The molecule has 0 fully saturated rings. The second-order valence-corrected chi connectivity index (χ2v) is 5.69. The van der Waals surface area contributed by atoms with Crippen molar-refractivity contribution >= 4 is 15.9 Å². The minimum absolute atomic E-state index is 0.567. The molecule has 1 N–H and O–H groups in total. The van der Waals surface area contributed by atoms with Gasteiger partial charge in [-0.25, -0.2) is 0 Å². The van der Waals surface area contributed by atoms with E-state index in [4.69, 9.17) is 0 Å². The highest BCUT2D eigenvalue weighted by atomic mass is 79.9. The van der Waals surface area contributed by atoms with Crippen LogP contribution >= 0.6 is 15.9 Å². The summed E-state index contributed by atoms with van der Waals surface area (Å²) in [6.45, 7) is 6.18. The number of aryl methyl sites for hydroxylation is 3. The Hall–Kier alpha value is -1.12. The van der Waals surface area contributed by atoms with Crippen molar-refractivity contribution in [2.45, 2.75) is 26.9 Å². The highest BCUT2D eigenvalue weighted by Gasteiger charge is 2.15. The molecule has 0 aliphatic rings. The van der Waals surface area contributed by atoms with Gasteiger partial charge in [0.1, 0.15) is 6.10 Å². The van der Waals surface area contributed by atoms with Crippen molar-refractivity contribution < 1.29 is 5.11 Å². The van der Waals surface area contributed by atoms with Gasteiger partial charge in [0.15, 0.2) is 0 Å². The average molecular weight is 305 g/mol. The Balaban J connectivity index is 2.49. The zero-order chi connectivity index (χ0) is 13.3. The van der Waals surface area contributed by atoms with E-state index in [0.717, 1.165) is 26.7 Å². The first kappa shape index (κ1) is 13.3. The number of halogens is 1. The van der Waals surface area contributed by atoms with Crippen LogP contribution in [-0.4, -0.2) is 5.11 Å². The topological polar surface area (TPSA) is 20.2 Å². The van der Waals surface area contributed by atoms with Crippen LogP contribution in [-0.2, 0) is 0 Å². The number of hydrogen-bond donors (Lipinski definition) is 1. The molecule has 0 amide bonds. The smallest absolute Gasteiger partial charge is 0.105 e. The molecule has 2 rings (SSSR count). The summed E-state index contributed by atoms with van der Waals surface area (Å²) in [5.74, 6) is 0. The van der Waals surface area contributed by atoms with Gasteiger partial charge in [0.25, 0.3) is 0 Å². The highest BCUT2D eigenvalue weighted by molar-refractivity contribution is 9.10. The monoisotopic (exact) mass is 304 g/mol. The van der Waals surface area contributed by atoms with Crippen molar-refractivity contribution in [3.05, 3.63) is 68.7 Å². The maximum Gasteiger partial charge on any atom is 0.105 e. The molecule has 0 saturated carbocycles. The van der Waals surface area contributed by atoms with Crippen LogP contribution in [0, 0.1) is 20.8 Å². The molecule has 2 heteroatoms. The third kappa shape index (κ3) is 2.65. The Morgan fingerprint density at radius 2 is 1.61 bits per heavy atom. The van der Waals surface area contributed by atoms with Gasteiger partial charge in [0, 0.05) is 4.47 Å². The molecule has 94 valence electrons. The van der Waals surface area contributed by atoms with E-state index in [0.29, 0.717) is 0 Å². The maximum absolute atomic E-state index is 10.5. The van der Waals surface area contributed by atoms with Crippen LogP contribution in [0.2, 0.25) is 0 Å². The molecular formula is C16H17BrO. The van der Waals surface area contributed by atoms with Crippen molar-refractivity contribution in [3.8, 4) is 0 Å². The third-order valence-corrected chi connectivity index (χ3v) is 3.67. The van der Waals surface area contributed by atoms with Gasteiger partial charge in [-0.2, -0.15) is 0 Å². The predicted octanol–water partition coefficient (Wildman–Crippen LogP) is 4.46. The summed E-state index contributed by atoms with van der Waals surface area (Å²) in [5.41, 5.74) is 5.44. The molecular weight excluding hydrogens is 288 g/mol. The summed E-state index contributed by atoms with van der Waals surface area (Å²) in [4.78, 5) is 0. The Bertz CT molecular complexity index is 552. The largest absolute Gasteiger partial charge is 0.384 e. The lowest BCUT2D eigenvalue weighted by molar-refractivity contribution is 0.218. The van der Waals surface area contributed by atoms with Gasteiger partial charge in [-0.15, -0.1) is 0 Å². The molecule has 0 radical (unpaired) electrons. The first-order valence-electron chi connectivity index (χ1n) is 6.00. The fourth-order valence-corrected chi connectivity index (χ4v) is 2.88. The average Bonchev–Trinajstić information content (AvgIpc) is 2.27. The molecule has 18 heavy (non-hydrogen) atoms. The zero-order valence-electron chi connectivity index (χ0n) is 10.9. The van der Waals surface area contributed by atoms with E-state index in [1.54, 1.807) is 0 Å². The highest BCUT2D eigenvalue weighted by Crippen LogP contribution is 2.29. The van der Waals surface area contributed by atoms with Gasteiger partial charge in [0.2, 0.25) is 0 Å². The summed E-state index contributed by atoms with van der Waals surface area (Å²) in [7, 11) is 0. The van der Waals surface area contributed by atoms with Gasteiger partial charge < -0.3 is 5.11 Å². The lowest BCUT2D eigenvalue weighted by Crippen LogP contribution is -2.05. The van der Waals surface area contributed by atoms with E-state index >= 15 is 0 Å². The van der Waals surface area contributed by atoms with Crippen LogP contribution in [0.3, 0.4) is 0 Å². The van der Waals surface area contributed by atoms with Crippen molar-refractivity contribution in [3.63, 3.8) is 0 Å². The predicted molar refractivity (Wildman–Crippen MR) is 78.9 cm³/mol. The Labute approximate surface area is 117 Å². The van der Waals surface area contributed by atoms with E-state index in [2.05, 4.69) is 48.8 Å². The minimum atomic E-state index is -0.567. The van der Waals surface area contributed by atoms with Gasteiger partial charge in [-0.3, -0.25) is 0 Å². The summed E-state index contributed by atoms with van der Waals surface area (Å²) >= 11 is 3.44. The van der Waals surface area contributed by atoms with Gasteiger partial charge in [0.05, 0.1) is 0 Å². The number of hydrogen-bond acceptors (Lipinski definition) is 1. The van der Waals surface area contributed by atoms with Crippen molar-refractivity contribution in [1.82, 2.24) is 0 Å². The first-order valence-corrected chi connectivity index (χ1v) is 6.79. The Kier molecular flexibility index (Phi) is 3.88. The van der Waals surface area contributed by atoms with Crippen LogP contribution in [0.4, 0.5) is 0 Å². The van der Waals surface area contributed by atoms with Crippen LogP contribution in [0.15, 0.2) is 40.9 Å². The van der Waals surface area contributed by atoms with E-state index in [1.165, 1.54) is 5.56 Å². The van der Waals surface area contributed by atoms with Crippen molar-refractivity contribution in [2.75, 3.05) is 0 Å². The minimum Gasteiger partial charge on any atom is -0.384 e. The fraction of sp³-hybridized carbons (Fsp3) is 0.250. The van der Waals surface area contributed by atoms with E-state index < -0.39 is 6.10 Å². The third-order valence-electron chi connectivity index (χ3n) is 3.18. The summed E-state index contributed by atoms with van der Waals surface area (Å²) < 4.78 is 0.987. The zero-order valence-corrected chi connectivity index (χ0v) is 12.5. The lowest BCUT2D eigenvalue weighted by atomic mass is 9.92. The molecule has 0 bridgehead atoms. The molecule has 2 aromatic carbocycles. The van der Waals surface area contributed by atoms with Crippen LogP contribution in [0.5, 0.6) is 0 Å². The van der Waals surface area contributed by atoms with Crippen molar-refractivity contribution in [1.29, 1.82) is 0 Å². The number of benzene rings is 2. The Morgan fingerprint density at radius 3 is 2.17 bits per heavy atom. The van der Waals surface area contributed by atoms with Crippen molar-refractivity contribution in [2.24, 2.45) is 0 Å².